The first-order valence-electron chi connectivity index (χ1n) is 8.33. The number of rotatable bonds is 1. The second kappa shape index (κ2) is 4.03. The summed E-state index contributed by atoms with van der Waals surface area (Å²) in [5.74, 6) is -2.71. The summed E-state index contributed by atoms with van der Waals surface area (Å²) in [6.07, 6.45) is 2.69. The smallest absolute Gasteiger partial charge is 0.310 e. The number of nitrogens with one attached hydrogen (secondary N) is 1. The first kappa shape index (κ1) is 13.4. The predicted molar refractivity (Wildman–Crippen MR) is 90.2 cm³/mol. The van der Waals surface area contributed by atoms with Gasteiger partial charge in [-0.25, -0.2) is 0 Å². The topological polar surface area (TPSA) is 78.9 Å². The lowest BCUT2D eigenvalue weighted by molar-refractivity contribution is -0.146. The number of hydrogen-bond acceptors (Lipinski definition) is 4. The van der Waals surface area contributed by atoms with Gasteiger partial charge in [0.05, 0.1) is 17.7 Å². The average molecular weight is 334 g/mol. The molecule has 1 spiro atoms. The molecule has 4 heterocycles. The van der Waals surface area contributed by atoms with Crippen molar-refractivity contribution in [3.63, 3.8) is 0 Å². The number of benzene rings is 2. The zero-order valence-corrected chi connectivity index (χ0v) is 13.0. The molecule has 2 N–H and O–H groups in total. The molecule has 124 valence electrons. The van der Waals surface area contributed by atoms with E-state index in [-0.39, 0.29) is 5.91 Å². The van der Waals surface area contributed by atoms with Gasteiger partial charge in [-0.05, 0) is 23.6 Å². The SMILES string of the molecule is O=C(O)[C@H]1[C@@H]2C=C[C@]3(O2)[C@@H]2Nc4cccc5cccc(c45)N2C(=O)[C@@H]13. The Hall–Kier alpha value is -2.86. The van der Waals surface area contributed by atoms with Crippen LogP contribution in [0.15, 0.2) is 48.6 Å². The van der Waals surface area contributed by atoms with Crippen molar-refractivity contribution in [1.82, 2.24) is 0 Å². The fourth-order valence-corrected chi connectivity index (χ4v) is 5.06. The second-order valence-electron chi connectivity index (χ2n) is 7.07. The van der Waals surface area contributed by atoms with Crippen LogP contribution in [0.2, 0.25) is 0 Å². The zero-order chi connectivity index (χ0) is 16.9. The van der Waals surface area contributed by atoms with Gasteiger partial charge in [0.25, 0.3) is 0 Å². The van der Waals surface area contributed by atoms with E-state index in [4.69, 9.17) is 4.74 Å². The molecular weight excluding hydrogens is 320 g/mol. The lowest BCUT2D eigenvalue weighted by atomic mass is 9.76. The van der Waals surface area contributed by atoms with Crippen LogP contribution in [0, 0.1) is 11.8 Å². The van der Waals surface area contributed by atoms with Crippen LogP contribution in [0.4, 0.5) is 11.4 Å². The van der Waals surface area contributed by atoms with Gasteiger partial charge in [-0.3, -0.25) is 14.5 Å². The number of aliphatic carboxylic acids is 1. The third-order valence-corrected chi connectivity index (χ3v) is 5.99. The number of amides is 1. The number of carboxylic acids is 1. The van der Waals surface area contributed by atoms with E-state index in [0.29, 0.717) is 0 Å². The van der Waals surface area contributed by atoms with Crippen molar-refractivity contribution in [2.45, 2.75) is 17.9 Å². The van der Waals surface area contributed by atoms with E-state index in [9.17, 15) is 14.7 Å². The minimum Gasteiger partial charge on any atom is -0.481 e. The van der Waals surface area contributed by atoms with E-state index in [1.54, 1.807) is 11.0 Å². The molecule has 25 heavy (non-hydrogen) atoms. The van der Waals surface area contributed by atoms with E-state index >= 15 is 0 Å². The molecule has 0 aromatic heterocycles. The largest absolute Gasteiger partial charge is 0.481 e. The Morgan fingerprint density at radius 3 is 2.84 bits per heavy atom. The number of anilines is 2. The van der Waals surface area contributed by atoms with Crippen molar-refractivity contribution in [3.05, 3.63) is 48.6 Å². The lowest BCUT2D eigenvalue weighted by Gasteiger charge is -2.38. The van der Waals surface area contributed by atoms with E-state index in [0.717, 1.165) is 22.1 Å². The van der Waals surface area contributed by atoms with Crippen LogP contribution >= 0.6 is 0 Å². The highest BCUT2D eigenvalue weighted by Gasteiger charge is 2.72. The van der Waals surface area contributed by atoms with E-state index < -0.39 is 35.7 Å². The van der Waals surface area contributed by atoms with Crippen LogP contribution in [0.5, 0.6) is 0 Å². The minimum absolute atomic E-state index is 0.182. The molecule has 6 nitrogen and oxygen atoms in total. The van der Waals surface area contributed by atoms with Gasteiger partial charge in [-0.15, -0.1) is 0 Å². The number of nitrogens with zero attached hydrogens (tertiary/aromatic N) is 1. The van der Waals surface area contributed by atoms with Crippen LogP contribution in [-0.2, 0) is 14.3 Å². The van der Waals surface area contributed by atoms with Crippen molar-refractivity contribution in [2.75, 3.05) is 10.2 Å². The van der Waals surface area contributed by atoms with E-state index in [1.807, 2.05) is 42.5 Å². The van der Waals surface area contributed by atoms with Gasteiger partial charge in [0, 0.05) is 11.1 Å². The monoisotopic (exact) mass is 334 g/mol. The first-order chi connectivity index (χ1) is 12.1. The Balaban J connectivity index is 1.61. The molecule has 2 aromatic rings. The fraction of sp³-hybridized carbons (Fsp3) is 0.263. The number of carbonyl (C=O) groups is 2. The van der Waals surface area contributed by atoms with Crippen LogP contribution < -0.4 is 10.2 Å². The van der Waals surface area contributed by atoms with Crippen molar-refractivity contribution in [3.8, 4) is 0 Å². The number of carboxylic acid groups (broad SMARTS) is 1. The molecule has 4 aliphatic heterocycles. The summed E-state index contributed by atoms with van der Waals surface area (Å²) >= 11 is 0. The molecule has 6 rings (SSSR count). The van der Waals surface area contributed by atoms with Crippen molar-refractivity contribution in [1.29, 1.82) is 0 Å². The van der Waals surface area contributed by atoms with Gasteiger partial charge in [-0.2, -0.15) is 0 Å². The van der Waals surface area contributed by atoms with Gasteiger partial charge in [0.15, 0.2) is 0 Å². The Labute approximate surface area is 142 Å². The molecule has 1 amide bonds. The molecule has 0 unspecified atom stereocenters. The van der Waals surface area contributed by atoms with Gasteiger partial charge in [-0.1, -0.05) is 30.3 Å². The standard InChI is InChI=1S/C19H14N2O4/c22-16-15-14(17(23)24)12-7-8-19(15,25-12)18-20-10-5-1-3-9-4-2-6-11(13(9)10)21(16)18/h1-8,12,14-15,18,20H,(H,23,24)/t12-,14-,15+,18+,19+/m0/s1. The highest BCUT2D eigenvalue weighted by Crippen LogP contribution is 2.57. The van der Waals surface area contributed by atoms with Gasteiger partial charge in [0.1, 0.15) is 17.7 Å². The molecule has 6 heteroatoms. The Morgan fingerprint density at radius 1 is 1.24 bits per heavy atom. The first-order valence-corrected chi connectivity index (χ1v) is 8.33. The number of ether oxygens (including phenoxy) is 1. The summed E-state index contributed by atoms with van der Waals surface area (Å²) in [7, 11) is 0. The number of carbonyl (C=O) groups excluding carboxylic acids is 1. The third-order valence-electron chi connectivity index (χ3n) is 5.99. The minimum atomic E-state index is -0.981. The maximum absolute atomic E-state index is 13.3. The number of hydrogen-bond donors (Lipinski definition) is 2. The molecule has 0 saturated carbocycles. The third kappa shape index (κ3) is 1.34. The van der Waals surface area contributed by atoms with Gasteiger partial charge in [0.2, 0.25) is 5.91 Å². The molecule has 0 radical (unpaired) electrons. The Morgan fingerprint density at radius 2 is 2.04 bits per heavy atom. The van der Waals surface area contributed by atoms with Crippen LogP contribution in [0.3, 0.4) is 0 Å². The molecule has 4 aliphatic rings. The van der Waals surface area contributed by atoms with Crippen LogP contribution in [-0.4, -0.2) is 34.9 Å². The molecule has 0 aliphatic carbocycles. The van der Waals surface area contributed by atoms with Crippen LogP contribution in [0.1, 0.15) is 0 Å². The van der Waals surface area contributed by atoms with E-state index in [1.165, 1.54) is 0 Å². The molecule has 2 fully saturated rings. The Bertz CT molecular complexity index is 1010. The quantitative estimate of drug-likeness (QED) is 0.780. The van der Waals surface area contributed by atoms with Gasteiger partial charge >= 0.3 is 5.97 Å². The summed E-state index contributed by atoms with van der Waals surface area (Å²) < 4.78 is 6.09. The summed E-state index contributed by atoms with van der Waals surface area (Å²) in [5.41, 5.74) is 0.826. The normalized spacial score (nSPS) is 36.5. The van der Waals surface area contributed by atoms with Crippen molar-refractivity contribution >= 4 is 34.0 Å². The van der Waals surface area contributed by atoms with E-state index in [2.05, 4.69) is 5.32 Å². The van der Waals surface area contributed by atoms with Gasteiger partial charge < -0.3 is 15.2 Å². The molecule has 5 atom stereocenters. The highest BCUT2D eigenvalue weighted by molar-refractivity contribution is 6.14. The Kier molecular flexibility index (Phi) is 2.16. The average Bonchev–Trinajstić information content (AvgIpc) is 3.25. The maximum Gasteiger partial charge on any atom is 0.310 e. The molecule has 2 bridgehead atoms. The summed E-state index contributed by atoms with van der Waals surface area (Å²) in [4.78, 5) is 26.8. The summed E-state index contributed by atoms with van der Waals surface area (Å²) in [6.45, 7) is 0. The second-order valence-corrected chi connectivity index (χ2v) is 7.07. The highest BCUT2D eigenvalue weighted by atomic mass is 16.5. The summed E-state index contributed by atoms with van der Waals surface area (Å²) in [5, 5.41) is 15.1. The molecule has 2 saturated heterocycles. The number of fused-ring (bicyclic) bond motifs is 3. The van der Waals surface area contributed by atoms with Crippen LogP contribution in [0.25, 0.3) is 10.8 Å². The zero-order valence-electron chi connectivity index (χ0n) is 13.0. The molecular formula is C19H14N2O4. The summed E-state index contributed by atoms with van der Waals surface area (Å²) in [6, 6.07) is 11.8. The predicted octanol–water partition coefficient (Wildman–Crippen LogP) is 1.96. The fourth-order valence-electron chi connectivity index (χ4n) is 5.06. The van der Waals surface area contributed by atoms with Crippen molar-refractivity contribution in [2.24, 2.45) is 11.8 Å². The maximum atomic E-state index is 13.3. The van der Waals surface area contributed by atoms with Crippen molar-refractivity contribution < 1.29 is 19.4 Å². The lowest BCUT2D eigenvalue weighted by Crippen LogP contribution is -2.51. The molecule has 2 aromatic carbocycles.